The Bertz CT molecular complexity index is 691. The third-order valence-corrected chi connectivity index (χ3v) is 5.28. The van der Waals surface area contributed by atoms with E-state index in [2.05, 4.69) is 26.8 Å². The molecule has 0 spiro atoms. The van der Waals surface area contributed by atoms with Gasteiger partial charge >= 0.3 is 0 Å². The minimum absolute atomic E-state index is 0.175. The Morgan fingerprint density at radius 1 is 1.39 bits per heavy atom. The van der Waals surface area contributed by atoms with Crippen LogP contribution in [0.3, 0.4) is 0 Å². The summed E-state index contributed by atoms with van der Waals surface area (Å²) < 4.78 is 22.6. The molecule has 2 unspecified atom stereocenters. The fourth-order valence-corrected chi connectivity index (χ4v) is 4.09. The minimum Gasteiger partial charge on any atom is -0.507 e. The number of aromatic hydroxyl groups is 1. The molecule has 1 N–H and O–H groups in total. The first kappa shape index (κ1) is 13.9. The number of fused-ring (bicyclic) bond motifs is 3. The highest BCUT2D eigenvalue weighted by Crippen LogP contribution is 2.53. The lowest BCUT2D eigenvalue weighted by atomic mass is 9.68. The molecule has 0 saturated carbocycles. The van der Waals surface area contributed by atoms with Gasteiger partial charge in [0, 0.05) is 20.1 Å². The summed E-state index contributed by atoms with van der Waals surface area (Å²) in [6, 6.07) is 3.68. The first-order valence-electron chi connectivity index (χ1n) is 9.85. The molecule has 2 nitrogen and oxygen atoms in total. The van der Waals surface area contributed by atoms with Crippen LogP contribution in [0.5, 0.6) is 11.5 Å². The highest BCUT2D eigenvalue weighted by Gasteiger charge is 2.45. The number of hydrogen-bond donors (Lipinski definition) is 1. The van der Waals surface area contributed by atoms with Crippen LogP contribution in [0.4, 0.5) is 0 Å². The maximum Gasteiger partial charge on any atom is 0.127 e. The van der Waals surface area contributed by atoms with Crippen molar-refractivity contribution < 1.29 is 12.6 Å². The van der Waals surface area contributed by atoms with Gasteiger partial charge in [0.05, 0.1) is 0 Å². The summed E-state index contributed by atoms with van der Waals surface area (Å²) in [5, 5.41) is 10.7. The molecule has 1 aliphatic carbocycles. The van der Waals surface area contributed by atoms with E-state index in [1.807, 2.05) is 13.0 Å². The molecule has 0 bridgehead atoms. The number of phenols is 1. The van der Waals surface area contributed by atoms with Gasteiger partial charge in [0.1, 0.15) is 17.1 Å². The summed E-state index contributed by atoms with van der Waals surface area (Å²) in [5.41, 5.74) is 2.76. The van der Waals surface area contributed by atoms with Gasteiger partial charge in [0.15, 0.2) is 0 Å². The second-order valence-corrected chi connectivity index (χ2v) is 7.59. The van der Waals surface area contributed by atoms with Crippen molar-refractivity contribution in [2.45, 2.75) is 77.7 Å². The van der Waals surface area contributed by atoms with Gasteiger partial charge in [-0.25, -0.2) is 0 Å². The van der Waals surface area contributed by atoms with Crippen LogP contribution in [0.1, 0.15) is 79.5 Å². The number of hydrogen-bond acceptors (Lipinski definition) is 2. The van der Waals surface area contributed by atoms with E-state index in [9.17, 15) is 5.11 Å². The molecule has 0 amide bonds. The summed E-state index contributed by atoms with van der Waals surface area (Å²) in [7, 11) is 0. The predicted molar refractivity (Wildman–Crippen MR) is 95.3 cm³/mol. The molecule has 2 aliphatic rings. The SMILES string of the molecule is [2H]C([2H])(CCC)Cc1cc(O)c2c(c1)OC(C)(C)C1CCC(C)=CC21. The summed E-state index contributed by atoms with van der Waals surface area (Å²) in [5.74, 6) is 1.50. The van der Waals surface area contributed by atoms with Gasteiger partial charge in [-0.2, -0.15) is 0 Å². The fourth-order valence-electron chi connectivity index (χ4n) is 4.09. The number of benzene rings is 1. The Morgan fingerprint density at radius 3 is 2.91 bits per heavy atom. The number of allylic oxidation sites excluding steroid dienone is 2. The second kappa shape index (κ2) is 6.22. The van der Waals surface area contributed by atoms with Crippen LogP contribution in [0.25, 0.3) is 0 Å². The molecule has 3 rings (SSSR count). The Hall–Kier alpha value is -1.44. The topological polar surface area (TPSA) is 29.5 Å². The van der Waals surface area contributed by atoms with Crippen LogP contribution in [0.15, 0.2) is 23.8 Å². The van der Waals surface area contributed by atoms with Crippen molar-refractivity contribution in [3.05, 3.63) is 34.9 Å². The molecule has 0 aromatic heterocycles. The molecule has 23 heavy (non-hydrogen) atoms. The predicted octanol–water partition coefficient (Wildman–Crippen LogP) is 5.74. The highest BCUT2D eigenvalue weighted by molar-refractivity contribution is 5.53. The minimum atomic E-state index is -1.26. The maximum absolute atomic E-state index is 10.7. The van der Waals surface area contributed by atoms with Gasteiger partial charge in [-0.3, -0.25) is 0 Å². The largest absolute Gasteiger partial charge is 0.507 e. The van der Waals surface area contributed by atoms with Crippen molar-refractivity contribution in [2.24, 2.45) is 5.92 Å². The van der Waals surface area contributed by atoms with E-state index >= 15 is 0 Å². The number of phenolic OH excluding ortho intramolecular Hbond substituents is 1. The van der Waals surface area contributed by atoms with Crippen molar-refractivity contribution in [3.63, 3.8) is 0 Å². The van der Waals surface area contributed by atoms with E-state index in [0.29, 0.717) is 18.8 Å². The zero-order valence-electron chi connectivity index (χ0n) is 16.8. The van der Waals surface area contributed by atoms with E-state index in [0.717, 1.165) is 36.1 Å². The van der Waals surface area contributed by atoms with E-state index in [1.165, 1.54) is 5.57 Å². The lowest BCUT2D eigenvalue weighted by molar-refractivity contribution is 0.0107. The molecule has 2 atom stereocenters. The smallest absolute Gasteiger partial charge is 0.127 e. The van der Waals surface area contributed by atoms with Crippen LogP contribution < -0.4 is 4.74 Å². The van der Waals surface area contributed by atoms with Crippen molar-refractivity contribution in [1.29, 1.82) is 0 Å². The van der Waals surface area contributed by atoms with Crippen LogP contribution in [0, 0.1) is 5.92 Å². The Kier molecular flexibility index (Phi) is 3.77. The number of aryl methyl sites for hydroxylation is 1. The monoisotopic (exact) mass is 316 g/mol. The maximum atomic E-state index is 10.7. The quantitative estimate of drug-likeness (QED) is 0.718. The van der Waals surface area contributed by atoms with Crippen LogP contribution in [-0.2, 0) is 6.42 Å². The molecular formula is C21H30O2. The van der Waals surface area contributed by atoms with Gasteiger partial charge in [-0.1, -0.05) is 31.4 Å². The first-order valence-corrected chi connectivity index (χ1v) is 8.85. The van der Waals surface area contributed by atoms with E-state index < -0.39 is 6.37 Å². The number of ether oxygens (including phenoxy) is 1. The average molecular weight is 316 g/mol. The van der Waals surface area contributed by atoms with Gasteiger partial charge < -0.3 is 9.84 Å². The summed E-state index contributed by atoms with van der Waals surface area (Å²) in [4.78, 5) is 0. The normalized spacial score (nSPS) is 27.0. The second-order valence-electron chi connectivity index (χ2n) is 7.59. The molecule has 1 aromatic rings. The standard InChI is InChI=1S/C21H30O2/c1-5-6-7-8-15-12-18(22)20-16-11-14(2)9-10-17(16)21(3,4)23-19(20)13-15/h11-13,16-17,22H,5-10H2,1-4H3/i7D2. The Labute approximate surface area is 143 Å². The molecule has 2 heteroatoms. The third kappa shape index (κ3) is 3.13. The zero-order valence-corrected chi connectivity index (χ0v) is 14.8. The van der Waals surface area contributed by atoms with Gasteiger partial charge in [-0.15, -0.1) is 0 Å². The van der Waals surface area contributed by atoms with Crippen molar-refractivity contribution in [1.82, 2.24) is 0 Å². The van der Waals surface area contributed by atoms with E-state index in [-0.39, 0.29) is 17.3 Å². The van der Waals surface area contributed by atoms with Gasteiger partial charge in [0.2, 0.25) is 0 Å². The Balaban J connectivity index is 2.02. The third-order valence-electron chi connectivity index (χ3n) is 5.28. The average Bonchev–Trinajstić information content (AvgIpc) is 2.44. The number of rotatable bonds is 4. The molecule has 0 saturated heterocycles. The van der Waals surface area contributed by atoms with Crippen LogP contribution in [-0.4, -0.2) is 10.7 Å². The molecule has 1 aromatic carbocycles. The summed E-state index contributed by atoms with van der Waals surface area (Å²) in [6.45, 7) is 8.40. The Morgan fingerprint density at radius 2 is 2.17 bits per heavy atom. The van der Waals surface area contributed by atoms with Crippen molar-refractivity contribution >= 4 is 0 Å². The molecule has 1 aliphatic heterocycles. The lowest BCUT2D eigenvalue weighted by Gasteiger charge is -2.46. The molecule has 0 fully saturated rings. The summed E-state index contributed by atoms with van der Waals surface area (Å²) in [6.07, 6.45) is 4.80. The molecule has 1 heterocycles. The fraction of sp³-hybridized carbons (Fsp3) is 0.619. The lowest BCUT2D eigenvalue weighted by Crippen LogP contribution is -2.45. The summed E-state index contributed by atoms with van der Waals surface area (Å²) >= 11 is 0. The molecule has 126 valence electrons. The zero-order chi connectivity index (χ0) is 18.4. The van der Waals surface area contributed by atoms with Crippen molar-refractivity contribution in [3.8, 4) is 11.5 Å². The molecular weight excluding hydrogens is 284 g/mol. The highest BCUT2D eigenvalue weighted by atomic mass is 16.5. The van der Waals surface area contributed by atoms with Crippen LogP contribution >= 0.6 is 0 Å². The first-order chi connectivity index (χ1) is 11.6. The van der Waals surface area contributed by atoms with E-state index in [1.54, 1.807) is 6.07 Å². The van der Waals surface area contributed by atoms with Crippen LogP contribution in [0.2, 0.25) is 0 Å². The van der Waals surface area contributed by atoms with Crippen molar-refractivity contribution in [2.75, 3.05) is 0 Å². The van der Waals surface area contributed by atoms with Gasteiger partial charge in [-0.05, 0) is 64.1 Å². The van der Waals surface area contributed by atoms with E-state index in [4.69, 9.17) is 7.48 Å². The molecule has 0 radical (unpaired) electrons. The van der Waals surface area contributed by atoms with Gasteiger partial charge in [0.25, 0.3) is 0 Å².